The Morgan fingerprint density at radius 2 is 1.90 bits per heavy atom. The van der Waals surface area contributed by atoms with Gasteiger partial charge < -0.3 is 4.98 Å². The second-order valence-corrected chi connectivity index (χ2v) is 6.96. The summed E-state index contributed by atoms with van der Waals surface area (Å²) in [5, 5.41) is 0. The smallest absolute Gasteiger partial charge is 0.330 e. The maximum absolute atomic E-state index is 11.9. The van der Waals surface area contributed by atoms with Crippen LogP contribution >= 0.6 is 0 Å². The largest absolute Gasteiger partial charge is 0.336 e. The van der Waals surface area contributed by atoms with Crippen molar-refractivity contribution in [2.75, 3.05) is 0 Å². The highest BCUT2D eigenvalue weighted by Crippen LogP contribution is 2.26. The Balaban J connectivity index is 2.38. The van der Waals surface area contributed by atoms with Gasteiger partial charge in [0.1, 0.15) is 11.3 Å². The standard InChI is InChI=1S/C15H24N4O2/c1-6-19-12-11(13(20)18-14(19)21)16-10(17-12)7-9(2)8-15(3,4)5/h9H,6-8H2,1-5H3,(H,16,17)(H,18,20,21). The van der Waals surface area contributed by atoms with Gasteiger partial charge in [0.25, 0.3) is 5.56 Å². The molecule has 0 radical (unpaired) electrons. The molecule has 0 aliphatic heterocycles. The van der Waals surface area contributed by atoms with E-state index < -0.39 is 11.2 Å². The number of aromatic amines is 2. The number of H-pyrrole nitrogens is 2. The van der Waals surface area contributed by atoms with Crippen molar-refractivity contribution in [3.05, 3.63) is 26.7 Å². The third-order valence-corrected chi connectivity index (χ3v) is 3.50. The van der Waals surface area contributed by atoms with Crippen LogP contribution in [-0.4, -0.2) is 19.5 Å². The lowest BCUT2D eigenvalue weighted by Gasteiger charge is -2.22. The predicted molar refractivity (Wildman–Crippen MR) is 83.6 cm³/mol. The van der Waals surface area contributed by atoms with E-state index in [0.29, 0.717) is 23.6 Å². The van der Waals surface area contributed by atoms with E-state index in [-0.39, 0.29) is 5.41 Å². The van der Waals surface area contributed by atoms with E-state index in [4.69, 9.17) is 0 Å². The molecule has 21 heavy (non-hydrogen) atoms. The molecule has 0 saturated heterocycles. The molecule has 0 fully saturated rings. The van der Waals surface area contributed by atoms with Crippen LogP contribution in [0.25, 0.3) is 11.2 Å². The van der Waals surface area contributed by atoms with Crippen molar-refractivity contribution < 1.29 is 0 Å². The molecule has 6 heteroatoms. The van der Waals surface area contributed by atoms with Crippen molar-refractivity contribution >= 4 is 11.2 Å². The van der Waals surface area contributed by atoms with Crippen LogP contribution in [0.15, 0.2) is 9.59 Å². The molecule has 2 N–H and O–H groups in total. The van der Waals surface area contributed by atoms with Gasteiger partial charge in [-0.1, -0.05) is 27.7 Å². The van der Waals surface area contributed by atoms with Gasteiger partial charge in [-0.25, -0.2) is 9.78 Å². The van der Waals surface area contributed by atoms with Crippen LogP contribution in [0.4, 0.5) is 0 Å². The lowest BCUT2D eigenvalue weighted by Crippen LogP contribution is -2.29. The number of hydrogen-bond donors (Lipinski definition) is 2. The normalized spacial score (nSPS) is 13.8. The zero-order valence-corrected chi connectivity index (χ0v) is 13.4. The molecule has 0 bridgehead atoms. The van der Waals surface area contributed by atoms with Gasteiger partial charge in [0, 0.05) is 13.0 Å². The fraction of sp³-hybridized carbons (Fsp3) is 0.667. The molecule has 2 aromatic rings. The maximum Gasteiger partial charge on any atom is 0.330 e. The number of imidazole rings is 1. The van der Waals surface area contributed by atoms with E-state index in [1.807, 2.05) is 6.92 Å². The van der Waals surface area contributed by atoms with Gasteiger partial charge in [-0.05, 0) is 24.7 Å². The summed E-state index contributed by atoms with van der Waals surface area (Å²) in [7, 11) is 0. The highest BCUT2D eigenvalue weighted by molar-refractivity contribution is 5.69. The van der Waals surface area contributed by atoms with E-state index in [9.17, 15) is 9.59 Å². The Labute approximate surface area is 123 Å². The van der Waals surface area contributed by atoms with E-state index in [1.165, 1.54) is 4.57 Å². The molecule has 116 valence electrons. The first-order valence-electron chi connectivity index (χ1n) is 7.43. The summed E-state index contributed by atoms with van der Waals surface area (Å²) in [5.41, 5.74) is 0.283. The number of aryl methyl sites for hydroxylation is 1. The van der Waals surface area contributed by atoms with E-state index in [1.54, 1.807) is 0 Å². The van der Waals surface area contributed by atoms with Crippen molar-refractivity contribution in [3.63, 3.8) is 0 Å². The summed E-state index contributed by atoms with van der Waals surface area (Å²) in [6.07, 6.45) is 1.84. The van der Waals surface area contributed by atoms with Crippen LogP contribution in [0.2, 0.25) is 0 Å². The second kappa shape index (κ2) is 5.50. The summed E-state index contributed by atoms with van der Waals surface area (Å²) in [6, 6.07) is 0. The number of nitrogens with one attached hydrogen (secondary N) is 2. The fourth-order valence-electron chi connectivity index (χ4n) is 2.93. The SMILES string of the molecule is CCn1c(=O)[nH]c(=O)c2[nH]c(CC(C)CC(C)(C)C)nc21. The predicted octanol–water partition coefficient (Wildman–Crippen LogP) is 2.05. The highest BCUT2D eigenvalue weighted by Gasteiger charge is 2.18. The molecule has 2 heterocycles. The van der Waals surface area contributed by atoms with E-state index in [2.05, 4.69) is 42.6 Å². The zero-order valence-electron chi connectivity index (χ0n) is 13.4. The van der Waals surface area contributed by atoms with Gasteiger partial charge in [-0.3, -0.25) is 14.3 Å². The van der Waals surface area contributed by atoms with Gasteiger partial charge in [-0.15, -0.1) is 0 Å². The molecule has 0 aromatic carbocycles. The van der Waals surface area contributed by atoms with Crippen LogP contribution in [-0.2, 0) is 13.0 Å². The summed E-state index contributed by atoms with van der Waals surface area (Å²) >= 11 is 0. The summed E-state index contributed by atoms with van der Waals surface area (Å²) in [5.74, 6) is 1.21. The van der Waals surface area contributed by atoms with Crippen LogP contribution < -0.4 is 11.2 Å². The molecule has 0 aliphatic rings. The average Bonchev–Trinajstić information content (AvgIpc) is 2.70. The first-order chi connectivity index (χ1) is 9.71. The van der Waals surface area contributed by atoms with E-state index >= 15 is 0 Å². The molecular formula is C15H24N4O2. The molecule has 1 unspecified atom stereocenters. The van der Waals surface area contributed by atoms with Crippen molar-refractivity contribution in [1.82, 2.24) is 19.5 Å². The minimum atomic E-state index is -0.407. The van der Waals surface area contributed by atoms with Crippen LogP contribution in [0.3, 0.4) is 0 Å². The fourth-order valence-corrected chi connectivity index (χ4v) is 2.93. The quantitative estimate of drug-likeness (QED) is 0.904. The number of aromatic nitrogens is 4. The van der Waals surface area contributed by atoms with Gasteiger partial charge in [0.05, 0.1) is 0 Å². The maximum atomic E-state index is 11.9. The summed E-state index contributed by atoms with van der Waals surface area (Å²) < 4.78 is 1.48. The van der Waals surface area contributed by atoms with Crippen LogP contribution in [0, 0.1) is 11.3 Å². The van der Waals surface area contributed by atoms with Crippen LogP contribution in [0.1, 0.15) is 46.9 Å². The second-order valence-electron chi connectivity index (χ2n) is 6.96. The van der Waals surface area contributed by atoms with Gasteiger partial charge >= 0.3 is 5.69 Å². The number of fused-ring (bicyclic) bond motifs is 1. The molecule has 0 saturated carbocycles. The number of rotatable bonds is 4. The third kappa shape index (κ3) is 3.43. The molecular weight excluding hydrogens is 268 g/mol. The summed E-state index contributed by atoms with van der Waals surface area (Å²) in [4.78, 5) is 33.5. The topological polar surface area (TPSA) is 83.5 Å². The lowest BCUT2D eigenvalue weighted by atomic mass is 9.84. The number of hydrogen-bond acceptors (Lipinski definition) is 3. The van der Waals surface area contributed by atoms with Gasteiger partial charge in [0.2, 0.25) is 0 Å². The van der Waals surface area contributed by atoms with Crippen molar-refractivity contribution in [2.24, 2.45) is 11.3 Å². The van der Waals surface area contributed by atoms with Gasteiger partial charge in [-0.2, -0.15) is 0 Å². The van der Waals surface area contributed by atoms with Crippen molar-refractivity contribution in [3.8, 4) is 0 Å². The summed E-state index contributed by atoms with van der Waals surface area (Å²) in [6.45, 7) is 11.1. The first-order valence-corrected chi connectivity index (χ1v) is 7.43. The Hall–Kier alpha value is -1.85. The minimum absolute atomic E-state index is 0.258. The molecule has 0 aliphatic carbocycles. The van der Waals surface area contributed by atoms with Crippen LogP contribution in [0.5, 0.6) is 0 Å². The minimum Gasteiger partial charge on any atom is -0.336 e. The third-order valence-electron chi connectivity index (χ3n) is 3.50. The zero-order chi connectivity index (χ0) is 15.8. The highest BCUT2D eigenvalue weighted by atomic mass is 16.2. The Kier molecular flexibility index (Phi) is 4.07. The average molecular weight is 292 g/mol. The van der Waals surface area contributed by atoms with Crippen molar-refractivity contribution in [2.45, 2.75) is 54.0 Å². The molecule has 2 rings (SSSR count). The molecule has 6 nitrogen and oxygen atoms in total. The Bertz CT molecular complexity index is 746. The van der Waals surface area contributed by atoms with E-state index in [0.717, 1.165) is 18.7 Å². The monoisotopic (exact) mass is 292 g/mol. The molecule has 1 atom stereocenters. The van der Waals surface area contributed by atoms with Crippen molar-refractivity contribution in [1.29, 1.82) is 0 Å². The Morgan fingerprint density at radius 1 is 1.24 bits per heavy atom. The molecule has 0 spiro atoms. The molecule has 2 aromatic heterocycles. The number of nitrogens with zero attached hydrogens (tertiary/aromatic N) is 2. The molecule has 0 amide bonds. The van der Waals surface area contributed by atoms with Gasteiger partial charge in [0.15, 0.2) is 5.65 Å². The first kappa shape index (κ1) is 15.5. The Morgan fingerprint density at radius 3 is 2.48 bits per heavy atom. The lowest BCUT2D eigenvalue weighted by molar-refractivity contribution is 0.304.